The Balaban J connectivity index is 1.52. The topological polar surface area (TPSA) is 131 Å². The molecule has 1 aromatic heterocycles. The highest BCUT2D eigenvalue weighted by atomic mass is 32.2. The van der Waals surface area contributed by atoms with Crippen molar-refractivity contribution in [2.75, 3.05) is 30.5 Å². The van der Waals surface area contributed by atoms with E-state index in [1.807, 2.05) is 0 Å². The average molecular weight is 746 g/mol. The molecule has 4 aromatic rings. The van der Waals surface area contributed by atoms with Crippen LogP contribution < -0.4 is 20.7 Å². The van der Waals surface area contributed by atoms with Gasteiger partial charge in [0.2, 0.25) is 0 Å². The summed E-state index contributed by atoms with van der Waals surface area (Å²) in [6.45, 7) is 1.37. The van der Waals surface area contributed by atoms with Crippen molar-refractivity contribution >= 4 is 60.4 Å². The van der Waals surface area contributed by atoms with E-state index in [0.717, 1.165) is 30.5 Å². The quantitative estimate of drug-likeness (QED) is 0.155. The van der Waals surface area contributed by atoms with Crippen LogP contribution in [0.4, 0.5) is 42.1 Å². The number of methoxy groups -OCH3 is 1. The van der Waals surface area contributed by atoms with E-state index in [-0.39, 0.29) is 39.2 Å². The Morgan fingerprint density at radius 3 is 2.14 bits per heavy atom. The lowest BCUT2D eigenvalue weighted by molar-refractivity contribution is -0.140. The number of benzene rings is 3. The number of halogens is 7. The van der Waals surface area contributed by atoms with Crippen molar-refractivity contribution in [3.8, 4) is 5.75 Å². The van der Waals surface area contributed by atoms with Crippen LogP contribution in [-0.2, 0) is 22.2 Å². The second-order valence-electron chi connectivity index (χ2n) is 11.6. The first kappa shape index (κ1) is 36.6. The molecule has 1 saturated carbocycles. The van der Waals surface area contributed by atoms with E-state index in [2.05, 4.69) is 16.0 Å². The number of carbonyl (C=O) groups is 3. The summed E-state index contributed by atoms with van der Waals surface area (Å²) < 4.78 is 123. The minimum absolute atomic E-state index is 0.0278. The fraction of sp³-hybridized carbons (Fsp3) is 0.281. The molecule has 1 aliphatic carbocycles. The molecule has 0 bridgehead atoms. The van der Waals surface area contributed by atoms with Crippen LogP contribution >= 0.6 is 11.3 Å². The number of hydrogen-bond acceptors (Lipinski definition) is 7. The normalized spacial score (nSPS) is 14.3. The first-order valence-electron chi connectivity index (χ1n) is 14.4. The summed E-state index contributed by atoms with van der Waals surface area (Å²) in [5.74, 6) is -4.46. The van der Waals surface area contributed by atoms with Crippen molar-refractivity contribution in [2.45, 2.75) is 36.9 Å². The number of anilines is 2. The molecular weight excluding hydrogens is 719 g/mol. The molecule has 1 aliphatic rings. The van der Waals surface area contributed by atoms with Crippen LogP contribution in [0, 0.1) is 12.7 Å². The van der Waals surface area contributed by atoms with Gasteiger partial charge >= 0.3 is 12.4 Å². The third-order valence-corrected chi connectivity index (χ3v) is 11.5. The molecule has 3 aromatic carbocycles. The van der Waals surface area contributed by atoms with Crippen LogP contribution in [0.1, 0.15) is 59.9 Å². The Hall–Kier alpha value is -4.71. The van der Waals surface area contributed by atoms with Crippen LogP contribution in [0.15, 0.2) is 48.5 Å². The zero-order valence-corrected chi connectivity index (χ0v) is 27.8. The van der Waals surface area contributed by atoms with Gasteiger partial charge in [-0.2, -0.15) is 26.3 Å². The highest BCUT2D eigenvalue weighted by Gasteiger charge is 2.52. The van der Waals surface area contributed by atoms with Gasteiger partial charge in [0.05, 0.1) is 34.2 Å². The average Bonchev–Trinajstić information content (AvgIpc) is 3.75. The van der Waals surface area contributed by atoms with Crippen molar-refractivity contribution in [2.24, 2.45) is 0 Å². The molecule has 0 aliphatic heterocycles. The van der Waals surface area contributed by atoms with Crippen molar-refractivity contribution < 1.29 is 58.3 Å². The first-order chi connectivity index (χ1) is 23.1. The van der Waals surface area contributed by atoms with Crippen LogP contribution in [0.3, 0.4) is 0 Å². The van der Waals surface area contributed by atoms with Gasteiger partial charge in [0.25, 0.3) is 17.7 Å². The summed E-state index contributed by atoms with van der Waals surface area (Å²) in [6.07, 6.45) is -8.09. The van der Waals surface area contributed by atoms with E-state index in [9.17, 15) is 53.5 Å². The van der Waals surface area contributed by atoms with Gasteiger partial charge in [-0.15, -0.1) is 11.3 Å². The standard InChI is InChI=1S/C32H26F7N3O6S2/c1-15-10-23(48-2)20(13-19(15)27(43)40-14-30(8-9-30)50(3,46)47)28(44)42-25-18-6-4-16(31(34,35)36)11-24(18)49-26(25)29(45)41-17-5-7-22(33)21(12-17)32(37,38)39/h4-7,10-13H,8-9,14H2,1-3H3,(H,40,43)(H,41,45)(H,42,44). The molecule has 0 radical (unpaired) electrons. The zero-order valence-electron chi connectivity index (χ0n) is 26.2. The lowest BCUT2D eigenvalue weighted by atomic mass is 10.0. The SMILES string of the molecule is COc1cc(C)c(C(=O)NCC2(S(C)(=O)=O)CC2)cc1C(=O)Nc1c(C(=O)Nc2ccc(F)c(C(F)(F)F)c2)sc2cc(C(F)(F)F)ccc12. The number of aryl methyl sites for hydroxylation is 1. The van der Waals surface area contributed by atoms with Crippen LogP contribution in [0.2, 0.25) is 0 Å². The Morgan fingerprint density at radius 1 is 0.880 bits per heavy atom. The van der Waals surface area contributed by atoms with Crippen molar-refractivity contribution in [3.63, 3.8) is 0 Å². The molecule has 5 rings (SSSR count). The highest BCUT2D eigenvalue weighted by molar-refractivity contribution is 7.92. The van der Waals surface area contributed by atoms with E-state index in [4.69, 9.17) is 4.74 Å². The van der Waals surface area contributed by atoms with Crippen molar-refractivity contribution in [3.05, 3.63) is 87.0 Å². The highest BCUT2D eigenvalue weighted by Crippen LogP contribution is 2.43. The maximum Gasteiger partial charge on any atom is 0.419 e. The molecule has 1 heterocycles. The monoisotopic (exact) mass is 745 g/mol. The number of fused-ring (bicyclic) bond motifs is 1. The largest absolute Gasteiger partial charge is 0.496 e. The van der Waals surface area contributed by atoms with Gasteiger partial charge in [-0.1, -0.05) is 6.07 Å². The predicted molar refractivity (Wildman–Crippen MR) is 171 cm³/mol. The van der Waals surface area contributed by atoms with Gasteiger partial charge in [-0.05, 0) is 67.8 Å². The number of ether oxygens (including phenoxy) is 1. The second-order valence-corrected chi connectivity index (χ2v) is 15.1. The number of rotatable bonds is 9. The number of thiophene rings is 1. The molecular formula is C32H26F7N3O6S2. The first-order valence-corrected chi connectivity index (χ1v) is 17.2. The molecule has 3 N–H and O–H groups in total. The number of carbonyl (C=O) groups excluding carboxylic acids is 3. The molecule has 0 unspecified atom stereocenters. The summed E-state index contributed by atoms with van der Waals surface area (Å²) in [5, 5.41) is 7.17. The zero-order chi connectivity index (χ0) is 37.0. The van der Waals surface area contributed by atoms with Gasteiger partial charge in [-0.25, -0.2) is 12.8 Å². The van der Waals surface area contributed by atoms with Gasteiger partial charge in [0.1, 0.15) is 16.4 Å². The molecule has 266 valence electrons. The second kappa shape index (κ2) is 12.9. The maximum absolute atomic E-state index is 13.8. The number of hydrogen-bond donors (Lipinski definition) is 3. The van der Waals surface area contributed by atoms with Crippen LogP contribution in [-0.4, -0.2) is 50.8 Å². The summed E-state index contributed by atoms with van der Waals surface area (Å²) in [5.41, 5.74) is -3.49. The van der Waals surface area contributed by atoms with Crippen LogP contribution in [0.25, 0.3) is 10.1 Å². The molecule has 50 heavy (non-hydrogen) atoms. The molecule has 18 heteroatoms. The summed E-state index contributed by atoms with van der Waals surface area (Å²) in [4.78, 5) is 39.9. The Labute approximate surface area is 283 Å². The molecule has 0 spiro atoms. The minimum atomic E-state index is -5.11. The smallest absolute Gasteiger partial charge is 0.419 e. The predicted octanol–water partition coefficient (Wildman–Crippen LogP) is 7.21. The Kier molecular flexibility index (Phi) is 9.42. The fourth-order valence-corrected chi connectivity index (χ4v) is 7.44. The number of sulfone groups is 1. The number of nitrogens with one attached hydrogen (secondary N) is 3. The van der Waals surface area contributed by atoms with E-state index in [1.165, 1.54) is 20.1 Å². The molecule has 3 amide bonds. The van der Waals surface area contributed by atoms with Crippen LogP contribution in [0.5, 0.6) is 5.75 Å². The van der Waals surface area contributed by atoms with Gasteiger partial charge in [0.15, 0.2) is 9.84 Å². The fourth-order valence-electron chi connectivity index (χ4n) is 5.17. The van der Waals surface area contributed by atoms with E-state index >= 15 is 0 Å². The molecule has 9 nitrogen and oxygen atoms in total. The molecule has 1 fully saturated rings. The minimum Gasteiger partial charge on any atom is -0.496 e. The summed E-state index contributed by atoms with van der Waals surface area (Å²) in [7, 11) is -2.25. The van der Waals surface area contributed by atoms with E-state index in [0.29, 0.717) is 47.9 Å². The number of amides is 3. The Morgan fingerprint density at radius 2 is 1.56 bits per heavy atom. The summed E-state index contributed by atoms with van der Waals surface area (Å²) >= 11 is 0.501. The van der Waals surface area contributed by atoms with E-state index in [1.54, 1.807) is 0 Å². The Bertz CT molecular complexity index is 2160. The lowest BCUT2D eigenvalue weighted by Gasteiger charge is -2.17. The third-order valence-electron chi connectivity index (χ3n) is 8.19. The third kappa shape index (κ3) is 7.26. The number of alkyl halides is 6. The van der Waals surface area contributed by atoms with Crippen molar-refractivity contribution in [1.29, 1.82) is 0 Å². The van der Waals surface area contributed by atoms with Gasteiger partial charge in [0, 0.05) is 34.1 Å². The molecule has 0 atom stereocenters. The summed E-state index contributed by atoms with van der Waals surface area (Å²) in [6, 6.07) is 6.61. The van der Waals surface area contributed by atoms with Crippen molar-refractivity contribution in [1.82, 2.24) is 5.32 Å². The molecule has 0 saturated heterocycles. The van der Waals surface area contributed by atoms with E-state index < -0.39 is 72.2 Å². The lowest BCUT2D eigenvalue weighted by Crippen LogP contribution is -2.38. The van der Waals surface area contributed by atoms with Gasteiger partial charge in [-0.3, -0.25) is 14.4 Å². The van der Waals surface area contributed by atoms with Gasteiger partial charge < -0.3 is 20.7 Å². The maximum atomic E-state index is 13.8.